The molecule has 0 unspecified atom stereocenters. The van der Waals surface area contributed by atoms with Crippen LogP contribution in [0.3, 0.4) is 0 Å². The van der Waals surface area contributed by atoms with Gasteiger partial charge in [-0.3, -0.25) is 0 Å². The molecular formula is C30H23BrN6O. The number of ether oxygens (including phenoxy) is 1. The van der Waals surface area contributed by atoms with Gasteiger partial charge in [0.15, 0.2) is 0 Å². The van der Waals surface area contributed by atoms with Crippen LogP contribution in [0.5, 0.6) is 11.6 Å². The van der Waals surface area contributed by atoms with Crippen LogP contribution in [0, 0.1) is 61.7 Å². The molecular weight excluding hydrogens is 540 g/mol. The summed E-state index contributed by atoms with van der Waals surface area (Å²) in [6.45, 7) is 7.74. The molecule has 3 aromatic carbocycles. The zero-order valence-electron chi connectivity index (χ0n) is 21.3. The molecule has 0 aliphatic heterocycles. The Bertz CT molecular complexity index is 1530. The Morgan fingerprint density at radius 3 is 1.82 bits per heavy atom. The molecule has 1 N–H and O–H groups in total. The van der Waals surface area contributed by atoms with E-state index in [1.165, 1.54) is 0 Å². The van der Waals surface area contributed by atoms with Crippen molar-refractivity contribution in [2.75, 3.05) is 5.32 Å². The number of anilines is 2. The van der Waals surface area contributed by atoms with E-state index in [0.717, 1.165) is 33.5 Å². The minimum atomic E-state index is 0.325. The van der Waals surface area contributed by atoms with Gasteiger partial charge in [-0.05, 0) is 120 Å². The standard InChI is InChI=1S/C30H23BrN6O/c1-17-9-22(15-33)10-18(2)25(17)13-26-27(31)29(38-28-19(3)11-23(16-34)12-20(28)4)37-30(36-26)35-24-7-5-21(14-32)6-8-24/h5-12H,13H2,1-4H3,(H,35,36,37). The van der Waals surface area contributed by atoms with E-state index in [4.69, 9.17) is 15.0 Å². The summed E-state index contributed by atoms with van der Waals surface area (Å²) < 4.78 is 6.93. The van der Waals surface area contributed by atoms with Crippen molar-refractivity contribution in [1.82, 2.24) is 9.97 Å². The second-order valence-corrected chi connectivity index (χ2v) is 9.75. The van der Waals surface area contributed by atoms with Crippen molar-refractivity contribution in [2.45, 2.75) is 34.1 Å². The largest absolute Gasteiger partial charge is 0.437 e. The van der Waals surface area contributed by atoms with E-state index in [1.54, 1.807) is 36.4 Å². The van der Waals surface area contributed by atoms with Crippen LogP contribution in [0.1, 0.15) is 50.2 Å². The first-order valence-electron chi connectivity index (χ1n) is 11.8. The van der Waals surface area contributed by atoms with Gasteiger partial charge >= 0.3 is 0 Å². The van der Waals surface area contributed by atoms with Crippen molar-refractivity contribution in [1.29, 1.82) is 15.8 Å². The Kier molecular flexibility index (Phi) is 7.72. The summed E-state index contributed by atoms with van der Waals surface area (Å²) in [6, 6.07) is 20.8. The fraction of sp³-hybridized carbons (Fsp3) is 0.167. The van der Waals surface area contributed by atoms with Gasteiger partial charge in [-0.1, -0.05) is 0 Å². The highest BCUT2D eigenvalue weighted by molar-refractivity contribution is 9.10. The second kappa shape index (κ2) is 11.1. The maximum absolute atomic E-state index is 9.34. The number of hydrogen-bond donors (Lipinski definition) is 1. The minimum absolute atomic E-state index is 0.325. The molecule has 4 aromatic rings. The minimum Gasteiger partial charge on any atom is -0.437 e. The number of hydrogen-bond acceptors (Lipinski definition) is 7. The highest BCUT2D eigenvalue weighted by Crippen LogP contribution is 2.36. The summed E-state index contributed by atoms with van der Waals surface area (Å²) in [6.07, 6.45) is 0.482. The number of benzene rings is 3. The zero-order valence-corrected chi connectivity index (χ0v) is 22.9. The van der Waals surface area contributed by atoms with Gasteiger partial charge in [-0.25, -0.2) is 4.98 Å². The van der Waals surface area contributed by atoms with E-state index in [0.29, 0.717) is 50.9 Å². The molecule has 0 saturated carbocycles. The van der Waals surface area contributed by atoms with E-state index in [9.17, 15) is 10.5 Å². The fourth-order valence-corrected chi connectivity index (χ4v) is 4.64. The fourth-order valence-electron chi connectivity index (χ4n) is 4.25. The molecule has 0 aliphatic rings. The van der Waals surface area contributed by atoms with Gasteiger partial charge in [0.1, 0.15) is 10.2 Å². The summed E-state index contributed by atoms with van der Waals surface area (Å²) >= 11 is 3.67. The van der Waals surface area contributed by atoms with Crippen LogP contribution in [0.25, 0.3) is 0 Å². The van der Waals surface area contributed by atoms with Gasteiger partial charge in [-0.15, -0.1) is 0 Å². The molecule has 0 spiro atoms. The lowest BCUT2D eigenvalue weighted by Gasteiger charge is -2.17. The van der Waals surface area contributed by atoms with Crippen molar-refractivity contribution in [2.24, 2.45) is 0 Å². The molecule has 1 aromatic heterocycles. The molecule has 0 radical (unpaired) electrons. The summed E-state index contributed by atoms with van der Waals surface area (Å²) in [5.41, 5.74) is 7.83. The van der Waals surface area contributed by atoms with Crippen LogP contribution in [0.4, 0.5) is 11.6 Å². The van der Waals surface area contributed by atoms with Crippen LogP contribution in [0.2, 0.25) is 0 Å². The summed E-state index contributed by atoms with van der Waals surface area (Å²) in [7, 11) is 0. The van der Waals surface area contributed by atoms with Gasteiger partial charge < -0.3 is 10.1 Å². The van der Waals surface area contributed by atoms with Crippen LogP contribution >= 0.6 is 15.9 Å². The van der Waals surface area contributed by atoms with Gasteiger partial charge in [0.25, 0.3) is 0 Å². The van der Waals surface area contributed by atoms with Gasteiger partial charge in [0, 0.05) is 12.1 Å². The third-order valence-electron chi connectivity index (χ3n) is 6.12. The molecule has 0 aliphatic carbocycles. The molecule has 38 heavy (non-hydrogen) atoms. The Hall–Kier alpha value is -4.71. The monoisotopic (exact) mass is 562 g/mol. The quantitative estimate of drug-likeness (QED) is 0.263. The van der Waals surface area contributed by atoms with Gasteiger partial charge in [0.05, 0.1) is 40.6 Å². The zero-order chi connectivity index (χ0) is 27.4. The smallest absolute Gasteiger partial charge is 0.238 e. The SMILES string of the molecule is Cc1cc(C#N)cc(C)c1Cc1nc(Nc2ccc(C#N)cc2)nc(Oc2c(C)cc(C#N)cc2C)c1Br. The first-order valence-corrected chi connectivity index (χ1v) is 12.5. The van der Waals surface area contributed by atoms with Crippen molar-refractivity contribution in [3.05, 3.63) is 103 Å². The van der Waals surface area contributed by atoms with E-state index in [2.05, 4.69) is 44.4 Å². The van der Waals surface area contributed by atoms with Crippen molar-refractivity contribution >= 4 is 27.6 Å². The maximum atomic E-state index is 9.34. The van der Waals surface area contributed by atoms with Crippen molar-refractivity contribution < 1.29 is 4.74 Å². The number of nitrogens with zero attached hydrogens (tertiary/aromatic N) is 5. The van der Waals surface area contributed by atoms with Crippen LogP contribution in [-0.2, 0) is 6.42 Å². The third kappa shape index (κ3) is 5.65. The van der Waals surface area contributed by atoms with E-state index in [-0.39, 0.29) is 0 Å². The lowest BCUT2D eigenvalue weighted by Crippen LogP contribution is -2.07. The molecule has 8 heteroatoms. The highest BCUT2D eigenvalue weighted by atomic mass is 79.9. The molecule has 0 fully saturated rings. The normalized spacial score (nSPS) is 10.3. The highest BCUT2D eigenvalue weighted by Gasteiger charge is 2.19. The Morgan fingerprint density at radius 2 is 1.29 bits per heavy atom. The Labute approximate surface area is 230 Å². The number of nitrogens with one attached hydrogen (secondary N) is 1. The lowest BCUT2D eigenvalue weighted by atomic mass is 9.96. The molecule has 186 valence electrons. The Balaban J connectivity index is 1.80. The van der Waals surface area contributed by atoms with E-state index in [1.807, 2.05) is 39.8 Å². The predicted molar refractivity (Wildman–Crippen MR) is 148 cm³/mol. The third-order valence-corrected chi connectivity index (χ3v) is 6.91. The lowest BCUT2D eigenvalue weighted by molar-refractivity contribution is 0.451. The van der Waals surface area contributed by atoms with Crippen molar-refractivity contribution in [3.63, 3.8) is 0 Å². The number of nitriles is 3. The number of rotatable bonds is 6. The maximum Gasteiger partial charge on any atom is 0.238 e. The molecule has 0 amide bonds. The second-order valence-electron chi connectivity index (χ2n) is 8.96. The summed E-state index contributed by atoms with van der Waals surface area (Å²) in [5, 5.41) is 31.0. The average molecular weight is 563 g/mol. The van der Waals surface area contributed by atoms with Gasteiger partial charge in [0.2, 0.25) is 11.8 Å². The number of aromatic nitrogens is 2. The van der Waals surface area contributed by atoms with Gasteiger partial charge in [-0.2, -0.15) is 20.8 Å². The molecule has 7 nitrogen and oxygen atoms in total. The topological polar surface area (TPSA) is 118 Å². The predicted octanol–water partition coefficient (Wildman–Crippen LogP) is 7.21. The van der Waals surface area contributed by atoms with E-state index < -0.39 is 0 Å². The van der Waals surface area contributed by atoms with Crippen LogP contribution in [0.15, 0.2) is 53.0 Å². The molecule has 0 saturated heterocycles. The average Bonchev–Trinajstić information content (AvgIpc) is 2.90. The van der Waals surface area contributed by atoms with E-state index >= 15 is 0 Å². The first kappa shape index (κ1) is 26.4. The van der Waals surface area contributed by atoms with Crippen LogP contribution < -0.4 is 10.1 Å². The number of aryl methyl sites for hydroxylation is 4. The number of halogens is 1. The Morgan fingerprint density at radius 1 is 0.763 bits per heavy atom. The molecule has 0 atom stereocenters. The summed E-state index contributed by atoms with van der Waals surface area (Å²) in [5.74, 6) is 1.27. The van der Waals surface area contributed by atoms with Crippen molar-refractivity contribution in [3.8, 4) is 29.8 Å². The summed E-state index contributed by atoms with van der Waals surface area (Å²) in [4.78, 5) is 9.42. The van der Waals surface area contributed by atoms with Crippen LogP contribution in [-0.4, -0.2) is 9.97 Å². The molecule has 4 rings (SSSR count). The molecule has 0 bridgehead atoms. The molecule has 1 heterocycles. The first-order chi connectivity index (χ1) is 18.2.